The SMILES string of the molecule is C=CCCC[C@H](C=C)[C@H](CC(C)=O)c1ccc(C)cc1. The van der Waals surface area contributed by atoms with E-state index in [1.807, 2.05) is 12.2 Å². The molecule has 0 radical (unpaired) electrons. The number of benzene rings is 1. The maximum atomic E-state index is 11.6. The van der Waals surface area contributed by atoms with Gasteiger partial charge >= 0.3 is 0 Å². The Morgan fingerprint density at radius 1 is 1.25 bits per heavy atom. The lowest BCUT2D eigenvalue weighted by molar-refractivity contribution is -0.117. The molecule has 0 amide bonds. The van der Waals surface area contributed by atoms with Crippen molar-refractivity contribution >= 4 is 5.78 Å². The molecule has 0 saturated carbocycles. The molecule has 0 aliphatic rings. The number of allylic oxidation sites excluding steroid dienone is 2. The van der Waals surface area contributed by atoms with E-state index in [4.69, 9.17) is 0 Å². The van der Waals surface area contributed by atoms with Gasteiger partial charge in [0.1, 0.15) is 5.78 Å². The third-order valence-corrected chi connectivity index (χ3v) is 3.78. The highest BCUT2D eigenvalue weighted by atomic mass is 16.1. The van der Waals surface area contributed by atoms with Crippen LogP contribution in [-0.2, 0) is 4.79 Å². The van der Waals surface area contributed by atoms with Crippen molar-refractivity contribution < 1.29 is 4.79 Å². The summed E-state index contributed by atoms with van der Waals surface area (Å²) < 4.78 is 0. The Kier molecular flexibility index (Phi) is 7.00. The van der Waals surface area contributed by atoms with Gasteiger partial charge in [-0.3, -0.25) is 0 Å². The van der Waals surface area contributed by atoms with Crippen LogP contribution < -0.4 is 0 Å². The molecule has 0 unspecified atom stereocenters. The molecule has 0 aromatic heterocycles. The van der Waals surface area contributed by atoms with E-state index in [1.54, 1.807) is 6.92 Å². The van der Waals surface area contributed by atoms with Gasteiger partial charge in [-0.2, -0.15) is 0 Å². The Morgan fingerprint density at radius 3 is 2.40 bits per heavy atom. The van der Waals surface area contributed by atoms with Crippen LogP contribution in [0.15, 0.2) is 49.6 Å². The minimum Gasteiger partial charge on any atom is -0.300 e. The van der Waals surface area contributed by atoms with Gasteiger partial charge in [0, 0.05) is 6.42 Å². The van der Waals surface area contributed by atoms with E-state index >= 15 is 0 Å². The largest absolute Gasteiger partial charge is 0.300 e. The van der Waals surface area contributed by atoms with Crippen LogP contribution in [0.25, 0.3) is 0 Å². The van der Waals surface area contributed by atoms with E-state index in [-0.39, 0.29) is 11.7 Å². The van der Waals surface area contributed by atoms with Gasteiger partial charge in [-0.05, 0) is 50.5 Å². The Labute approximate surface area is 123 Å². The van der Waals surface area contributed by atoms with Crippen LogP contribution in [0.5, 0.6) is 0 Å². The first-order valence-corrected chi connectivity index (χ1v) is 7.38. The maximum absolute atomic E-state index is 11.6. The molecule has 1 nitrogen and oxygen atoms in total. The van der Waals surface area contributed by atoms with Gasteiger partial charge in [-0.1, -0.05) is 42.0 Å². The van der Waals surface area contributed by atoms with Crippen molar-refractivity contribution in [2.45, 2.75) is 45.4 Å². The average molecular weight is 270 g/mol. The van der Waals surface area contributed by atoms with Gasteiger partial charge in [0.05, 0.1) is 0 Å². The van der Waals surface area contributed by atoms with Crippen LogP contribution >= 0.6 is 0 Å². The fourth-order valence-corrected chi connectivity index (χ4v) is 2.62. The third kappa shape index (κ3) is 5.16. The minimum atomic E-state index is 0.242. The number of carbonyl (C=O) groups excluding carboxylic acids is 1. The summed E-state index contributed by atoms with van der Waals surface area (Å²) >= 11 is 0. The predicted molar refractivity (Wildman–Crippen MR) is 87.0 cm³/mol. The lowest BCUT2D eigenvalue weighted by Crippen LogP contribution is -2.14. The van der Waals surface area contributed by atoms with Gasteiger partial charge < -0.3 is 4.79 Å². The van der Waals surface area contributed by atoms with Gasteiger partial charge in [-0.25, -0.2) is 0 Å². The monoisotopic (exact) mass is 270 g/mol. The highest BCUT2D eigenvalue weighted by molar-refractivity contribution is 5.76. The molecule has 2 atom stereocenters. The first kappa shape index (κ1) is 16.4. The minimum absolute atomic E-state index is 0.242. The number of hydrogen-bond acceptors (Lipinski definition) is 1. The van der Waals surface area contributed by atoms with Gasteiger partial charge in [-0.15, -0.1) is 13.2 Å². The lowest BCUT2D eigenvalue weighted by atomic mass is 9.80. The van der Waals surface area contributed by atoms with Crippen LogP contribution in [-0.4, -0.2) is 5.78 Å². The molecule has 1 rings (SSSR count). The van der Waals surface area contributed by atoms with Gasteiger partial charge in [0.25, 0.3) is 0 Å². The quantitative estimate of drug-likeness (QED) is 0.444. The molecule has 1 heteroatoms. The van der Waals surface area contributed by atoms with Crippen LogP contribution in [0.4, 0.5) is 0 Å². The molecule has 1 aromatic carbocycles. The molecule has 108 valence electrons. The molecule has 0 fully saturated rings. The third-order valence-electron chi connectivity index (χ3n) is 3.78. The molecule has 0 bridgehead atoms. The zero-order valence-electron chi connectivity index (χ0n) is 12.8. The number of hydrogen-bond donors (Lipinski definition) is 0. The first-order chi connectivity index (χ1) is 9.58. The summed E-state index contributed by atoms with van der Waals surface area (Å²) in [6, 6.07) is 8.53. The number of aryl methyl sites for hydroxylation is 1. The van der Waals surface area contributed by atoms with Gasteiger partial charge in [0.15, 0.2) is 0 Å². The standard InChI is InChI=1S/C19H26O/c1-5-7-8-9-17(6-2)19(14-16(4)20)18-12-10-15(3)11-13-18/h5-6,10-13,17,19H,1-2,7-9,14H2,3-4H3/t17-,19-/m0/s1. The van der Waals surface area contributed by atoms with E-state index in [2.05, 4.69) is 44.3 Å². The maximum Gasteiger partial charge on any atom is 0.130 e. The number of rotatable bonds is 9. The molecule has 20 heavy (non-hydrogen) atoms. The predicted octanol–water partition coefficient (Wildman–Crippen LogP) is 5.22. The van der Waals surface area contributed by atoms with Crippen molar-refractivity contribution in [3.8, 4) is 0 Å². The second kappa shape index (κ2) is 8.52. The van der Waals surface area contributed by atoms with Crippen molar-refractivity contribution in [3.63, 3.8) is 0 Å². The molecule has 0 aliphatic heterocycles. The van der Waals surface area contributed by atoms with Gasteiger partial charge in [0.2, 0.25) is 0 Å². The van der Waals surface area contributed by atoms with E-state index < -0.39 is 0 Å². The average Bonchev–Trinajstić information content (AvgIpc) is 2.42. The van der Waals surface area contributed by atoms with Crippen LogP contribution in [0.3, 0.4) is 0 Å². The summed E-state index contributed by atoms with van der Waals surface area (Å²) in [4.78, 5) is 11.6. The highest BCUT2D eigenvalue weighted by Gasteiger charge is 2.21. The summed E-state index contributed by atoms with van der Waals surface area (Å²) in [7, 11) is 0. The summed E-state index contributed by atoms with van der Waals surface area (Å²) in [5.41, 5.74) is 2.49. The van der Waals surface area contributed by atoms with E-state index in [0.717, 1.165) is 19.3 Å². The van der Waals surface area contributed by atoms with Crippen LogP contribution in [0.1, 0.15) is 49.7 Å². The van der Waals surface area contributed by atoms with E-state index in [9.17, 15) is 4.79 Å². The van der Waals surface area contributed by atoms with Crippen molar-refractivity contribution in [1.82, 2.24) is 0 Å². The van der Waals surface area contributed by atoms with Crippen molar-refractivity contribution in [2.24, 2.45) is 5.92 Å². The fraction of sp³-hybridized carbons (Fsp3) is 0.421. The molecule has 0 aliphatic carbocycles. The van der Waals surface area contributed by atoms with E-state index in [0.29, 0.717) is 12.3 Å². The molecule has 0 spiro atoms. The smallest absolute Gasteiger partial charge is 0.130 e. The van der Waals surface area contributed by atoms with Crippen molar-refractivity contribution in [3.05, 3.63) is 60.7 Å². The van der Waals surface area contributed by atoms with Crippen LogP contribution in [0, 0.1) is 12.8 Å². The summed E-state index contributed by atoms with van der Waals surface area (Å²) in [6.07, 6.45) is 7.73. The molecule has 0 N–H and O–H groups in total. The van der Waals surface area contributed by atoms with E-state index in [1.165, 1.54) is 11.1 Å². The normalized spacial score (nSPS) is 13.5. The molecular formula is C19H26O. The summed E-state index contributed by atoms with van der Waals surface area (Å²) in [5.74, 6) is 0.836. The van der Waals surface area contributed by atoms with Crippen molar-refractivity contribution in [1.29, 1.82) is 0 Å². The first-order valence-electron chi connectivity index (χ1n) is 7.38. The molecule has 0 saturated heterocycles. The van der Waals surface area contributed by atoms with Crippen LogP contribution in [0.2, 0.25) is 0 Å². The zero-order valence-corrected chi connectivity index (χ0v) is 12.8. The molecular weight excluding hydrogens is 244 g/mol. The lowest BCUT2D eigenvalue weighted by Gasteiger charge is -2.24. The number of carbonyl (C=O) groups is 1. The molecule has 0 heterocycles. The molecule has 1 aromatic rings. The second-order valence-corrected chi connectivity index (χ2v) is 5.54. The van der Waals surface area contributed by atoms with Crippen molar-refractivity contribution in [2.75, 3.05) is 0 Å². The Morgan fingerprint density at radius 2 is 1.90 bits per heavy atom. The highest BCUT2D eigenvalue weighted by Crippen LogP contribution is 2.33. The Hall–Kier alpha value is -1.63. The Balaban J connectivity index is 2.90. The zero-order chi connectivity index (χ0) is 15.0. The second-order valence-electron chi connectivity index (χ2n) is 5.54. The number of ketones is 1. The summed E-state index contributed by atoms with van der Waals surface area (Å²) in [5, 5.41) is 0. The summed E-state index contributed by atoms with van der Waals surface area (Å²) in [6.45, 7) is 11.5. The fourth-order valence-electron chi connectivity index (χ4n) is 2.62. The number of Topliss-reactive ketones (excluding diaryl/α,β-unsaturated/α-hetero) is 1. The topological polar surface area (TPSA) is 17.1 Å². The number of unbranched alkanes of at least 4 members (excludes halogenated alkanes) is 1. The Bertz CT molecular complexity index is 441.